The molecule has 0 aliphatic heterocycles. The number of hydrogen-bond acceptors (Lipinski definition) is 6. The van der Waals surface area contributed by atoms with Crippen LogP contribution in [0.25, 0.3) is 0 Å². The van der Waals surface area contributed by atoms with Crippen molar-refractivity contribution in [3.63, 3.8) is 0 Å². The molecular formula is C18H17N3OS2. The monoisotopic (exact) mass is 355 g/mol. The zero-order valence-corrected chi connectivity index (χ0v) is 14.9. The fourth-order valence-electron chi connectivity index (χ4n) is 2.06. The van der Waals surface area contributed by atoms with Crippen molar-refractivity contribution in [1.82, 2.24) is 10.2 Å². The number of nitrogens with zero attached hydrogens (tertiary/aromatic N) is 2. The summed E-state index contributed by atoms with van der Waals surface area (Å²) in [5.74, 6) is 0.904. The molecule has 0 aliphatic carbocycles. The summed E-state index contributed by atoms with van der Waals surface area (Å²) in [6, 6.07) is 17.8. The standard InChI is InChI=1S/C18H17N3OS2/c1-13-7-9-15(10-8-13)16(22)11-19-17-20-21-18(24-17)23-12-14-5-3-2-4-6-14/h2-10H,11-12H2,1H3,(H,19,20). The van der Waals surface area contributed by atoms with Crippen LogP contribution < -0.4 is 5.32 Å². The first-order chi connectivity index (χ1) is 11.7. The van der Waals surface area contributed by atoms with Crippen molar-refractivity contribution >= 4 is 34.0 Å². The van der Waals surface area contributed by atoms with Crippen molar-refractivity contribution in [2.75, 3.05) is 11.9 Å². The van der Waals surface area contributed by atoms with Gasteiger partial charge in [-0.3, -0.25) is 4.79 Å². The summed E-state index contributed by atoms with van der Waals surface area (Å²) in [4.78, 5) is 12.1. The van der Waals surface area contributed by atoms with Gasteiger partial charge in [0.15, 0.2) is 10.1 Å². The molecule has 0 aliphatic rings. The van der Waals surface area contributed by atoms with Crippen LogP contribution in [0.1, 0.15) is 21.5 Å². The molecule has 0 spiro atoms. The third-order valence-corrected chi connectivity index (χ3v) is 5.47. The van der Waals surface area contributed by atoms with Gasteiger partial charge in [0.2, 0.25) is 5.13 Å². The molecule has 0 bridgehead atoms. The molecule has 3 rings (SSSR count). The van der Waals surface area contributed by atoms with Crippen molar-refractivity contribution in [2.45, 2.75) is 17.0 Å². The Morgan fingerprint density at radius 3 is 2.58 bits per heavy atom. The van der Waals surface area contributed by atoms with E-state index in [1.165, 1.54) is 16.9 Å². The minimum Gasteiger partial charge on any atom is -0.353 e. The fraction of sp³-hybridized carbons (Fsp3) is 0.167. The Balaban J connectivity index is 1.50. The van der Waals surface area contributed by atoms with Crippen molar-refractivity contribution in [3.05, 3.63) is 71.3 Å². The van der Waals surface area contributed by atoms with E-state index in [4.69, 9.17) is 0 Å². The van der Waals surface area contributed by atoms with Gasteiger partial charge in [-0.1, -0.05) is 83.3 Å². The number of aromatic nitrogens is 2. The van der Waals surface area contributed by atoms with Crippen LogP contribution in [0, 0.1) is 6.92 Å². The number of carbonyl (C=O) groups excluding carboxylic acids is 1. The van der Waals surface area contributed by atoms with E-state index in [9.17, 15) is 4.79 Å². The van der Waals surface area contributed by atoms with Crippen LogP contribution in [0.5, 0.6) is 0 Å². The third kappa shape index (κ3) is 4.66. The topological polar surface area (TPSA) is 54.9 Å². The van der Waals surface area contributed by atoms with Crippen LogP contribution in [-0.4, -0.2) is 22.5 Å². The van der Waals surface area contributed by atoms with Gasteiger partial charge in [0.1, 0.15) is 0 Å². The van der Waals surface area contributed by atoms with E-state index in [1.54, 1.807) is 11.8 Å². The first-order valence-corrected chi connectivity index (χ1v) is 9.35. The Kier molecular flexibility index (Phi) is 5.61. The average molecular weight is 355 g/mol. The summed E-state index contributed by atoms with van der Waals surface area (Å²) < 4.78 is 0.893. The lowest BCUT2D eigenvalue weighted by atomic mass is 10.1. The van der Waals surface area contributed by atoms with Crippen molar-refractivity contribution in [2.24, 2.45) is 0 Å². The Labute approximate surface area is 149 Å². The van der Waals surface area contributed by atoms with Gasteiger partial charge in [-0.25, -0.2) is 0 Å². The number of anilines is 1. The molecule has 0 unspecified atom stereocenters. The van der Waals surface area contributed by atoms with E-state index in [0.29, 0.717) is 10.7 Å². The van der Waals surface area contributed by atoms with Gasteiger partial charge >= 0.3 is 0 Å². The largest absolute Gasteiger partial charge is 0.353 e. The van der Waals surface area contributed by atoms with E-state index in [-0.39, 0.29) is 12.3 Å². The van der Waals surface area contributed by atoms with Gasteiger partial charge in [-0.2, -0.15) is 0 Å². The second-order valence-corrected chi connectivity index (χ2v) is 7.49. The van der Waals surface area contributed by atoms with Crippen LogP contribution in [-0.2, 0) is 5.75 Å². The molecule has 0 atom stereocenters. The number of Topliss-reactive ketones (excluding diaryl/α,β-unsaturated/α-hetero) is 1. The average Bonchev–Trinajstić information content (AvgIpc) is 3.07. The Morgan fingerprint density at radius 1 is 1.08 bits per heavy atom. The van der Waals surface area contributed by atoms with Gasteiger partial charge in [-0.05, 0) is 12.5 Å². The maximum Gasteiger partial charge on any atom is 0.206 e. The highest BCUT2D eigenvalue weighted by molar-refractivity contribution is 8.00. The molecule has 3 aromatic rings. The summed E-state index contributed by atoms with van der Waals surface area (Å²) in [6.07, 6.45) is 0. The molecule has 0 amide bonds. The first-order valence-electron chi connectivity index (χ1n) is 7.55. The molecule has 1 N–H and O–H groups in total. The van der Waals surface area contributed by atoms with Gasteiger partial charge in [-0.15, -0.1) is 10.2 Å². The second-order valence-electron chi connectivity index (χ2n) is 5.29. The second kappa shape index (κ2) is 8.08. The normalized spacial score (nSPS) is 10.5. The van der Waals surface area contributed by atoms with Crippen LogP contribution in [0.3, 0.4) is 0 Å². The highest BCUT2D eigenvalue weighted by Gasteiger charge is 2.09. The maximum absolute atomic E-state index is 12.1. The summed E-state index contributed by atoms with van der Waals surface area (Å²) >= 11 is 3.12. The van der Waals surface area contributed by atoms with Crippen LogP contribution in [0.15, 0.2) is 58.9 Å². The molecule has 1 heterocycles. The van der Waals surface area contributed by atoms with E-state index in [2.05, 4.69) is 27.6 Å². The fourth-order valence-corrected chi connectivity index (χ4v) is 3.76. The number of carbonyl (C=O) groups is 1. The van der Waals surface area contributed by atoms with Crippen LogP contribution >= 0.6 is 23.1 Å². The molecule has 1 aromatic heterocycles. The minimum absolute atomic E-state index is 0.0451. The quantitative estimate of drug-likeness (QED) is 0.502. The maximum atomic E-state index is 12.1. The molecule has 0 saturated carbocycles. The molecule has 2 aromatic carbocycles. The first kappa shape index (κ1) is 16.7. The number of hydrogen-bond donors (Lipinski definition) is 1. The molecular weight excluding hydrogens is 338 g/mol. The number of ketones is 1. The SMILES string of the molecule is Cc1ccc(C(=O)CNc2nnc(SCc3ccccc3)s2)cc1. The number of aryl methyl sites for hydroxylation is 1. The molecule has 24 heavy (non-hydrogen) atoms. The lowest BCUT2D eigenvalue weighted by Gasteiger charge is -2.02. The van der Waals surface area contributed by atoms with Crippen molar-refractivity contribution < 1.29 is 4.79 Å². The van der Waals surface area contributed by atoms with E-state index < -0.39 is 0 Å². The lowest BCUT2D eigenvalue weighted by Crippen LogP contribution is -2.13. The summed E-state index contributed by atoms with van der Waals surface area (Å²) in [5, 5.41) is 12.0. The summed E-state index contributed by atoms with van der Waals surface area (Å²) in [5.41, 5.74) is 3.10. The Morgan fingerprint density at radius 2 is 1.83 bits per heavy atom. The van der Waals surface area contributed by atoms with E-state index in [0.717, 1.165) is 15.7 Å². The number of rotatable bonds is 7. The molecule has 6 heteroatoms. The van der Waals surface area contributed by atoms with Crippen molar-refractivity contribution in [1.29, 1.82) is 0 Å². The number of thioether (sulfide) groups is 1. The van der Waals surface area contributed by atoms with Gasteiger partial charge in [0.05, 0.1) is 6.54 Å². The highest BCUT2D eigenvalue weighted by Crippen LogP contribution is 2.28. The summed E-state index contributed by atoms with van der Waals surface area (Å²) in [6.45, 7) is 2.23. The lowest BCUT2D eigenvalue weighted by molar-refractivity contribution is 0.101. The number of nitrogens with one attached hydrogen (secondary N) is 1. The molecule has 122 valence electrons. The molecule has 0 fully saturated rings. The smallest absolute Gasteiger partial charge is 0.206 e. The van der Waals surface area contributed by atoms with Crippen LogP contribution in [0.4, 0.5) is 5.13 Å². The molecule has 0 saturated heterocycles. The summed E-state index contributed by atoms with van der Waals surface area (Å²) in [7, 11) is 0. The van der Waals surface area contributed by atoms with Crippen LogP contribution in [0.2, 0.25) is 0 Å². The Bertz CT molecular complexity index is 801. The van der Waals surface area contributed by atoms with Gasteiger partial charge in [0, 0.05) is 11.3 Å². The van der Waals surface area contributed by atoms with Crippen molar-refractivity contribution in [3.8, 4) is 0 Å². The predicted molar refractivity (Wildman–Crippen MR) is 99.9 cm³/mol. The molecule has 4 nitrogen and oxygen atoms in total. The van der Waals surface area contributed by atoms with E-state index in [1.807, 2.05) is 49.4 Å². The Hall–Kier alpha value is -2.18. The van der Waals surface area contributed by atoms with Gasteiger partial charge in [0.25, 0.3) is 0 Å². The number of benzene rings is 2. The third-order valence-electron chi connectivity index (χ3n) is 3.39. The minimum atomic E-state index is 0.0451. The highest BCUT2D eigenvalue weighted by atomic mass is 32.2. The molecule has 0 radical (unpaired) electrons. The van der Waals surface area contributed by atoms with Gasteiger partial charge < -0.3 is 5.32 Å². The predicted octanol–water partition coefficient (Wildman–Crippen LogP) is 4.43. The zero-order chi connectivity index (χ0) is 16.8. The zero-order valence-electron chi connectivity index (χ0n) is 13.2. The van der Waals surface area contributed by atoms with E-state index >= 15 is 0 Å².